The fraction of sp³-hybridized carbons (Fsp3) is 0.750. The van der Waals surface area contributed by atoms with Crippen LogP contribution in [0.4, 0.5) is 0 Å². The van der Waals surface area contributed by atoms with Crippen molar-refractivity contribution >= 4 is 11.6 Å². The van der Waals surface area contributed by atoms with E-state index >= 15 is 0 Å². The quantitative estimate of drug-likeness (QED) is 0.524. The molecule has 1 aromatic heterocycles. The van der Waals surface area contributed by atoms with Gasteiger partial charge in [-0.25, -0.2) is 0 Å². The van der Waals surface area contributed by atoms with Crippen molar-refractivity contribution in [3.8, 4) is 0 Å². The first-order valence-electron chi connectivity index (χ1n) is 4.31. The summed E-state index contributed by atoms with van der Waals surface area (Å²) in [7, 11) is 0. The molecule has 4 nitrogen and oxygen atoms in total. The predicted octanol–water partition coefficient (Wildman–Crippen LogP) is 1.78. The smallest absolute Gasteiger partial charge is 0.231 e. The van der Waals surface area contributed by atoms with Crippen LogP contribution in [0.2, 0.25) is 0 Å². The second kappa shape index (κ2) is 5.94. The Morgan fingerprint density at radius 2 is 2.15 bits per heavy atom. The van der Waals surface area contributed by atoms with Crippen molar-refractivity contribution in [2.24, 2.45) is 0 Å². The van der Waals surface area contributed by atoms with Gasteiger partial charge in [0.25, 0.3) is 0 Å². The standard InChI is InChI=1S/C8H13ClN2O2/c1-2-12-5-3-4-7-10-11-8(6-9)13-7/h2-6H2,1H3. The zero-order valence-corrected chi connectivity index (χ0v) is 8.38. The number of aryl methyl sites for hydroxylation is 1. The minimum atomic E-state index is 0.276. The Morgan fingerprint density at radius 3 is 2.77 bits per heavy atom. The molecular weight excluding hydrogens is 192 g/mol. The highest BCUT2D eigenvalue weighted by Crippen LogP contribution is 2.04. The van der Waals surface area contributed by atoms with E-state index in [9.17, 15) is 0 Å². The normalized spacial score (nSPS) is 10.6. The molecule has 13 heavy (non-hydrogen) atoms. The van der Waals surface area contributed by atoms with Crippen LogP contribution < -0.4 is 0 Å². The van der Waals surface area contributed by atoms with Crippen LogP contribution in [0.3, 0.4) is 0 Å². The van der Waals surface area contributed by atoms with Crippen LogP contribution in [0.25, 0.3) is 0 Å². The van der Waals surface area contributed by atoms with E-state index in [4.69, 9.17) is 20.8 Å². The molecule has 5 heteroatoms. The minimum absolute atomic E-state index is 0.276. The van der Waals surface area contributed by atoms with Gasteiger partial charge in [-0.05, 0) is 13.3 Å². The molecule has 0 radical (unpaired) electrons. The third-order valence-corrected chi connectivity index (χ3v) is 1.74. The van der Waals surface area contributed by atoms with E-state index in [1.807, 2.05) is 6.92 Å². The van der Waals surface area contributed by atoms with E-state index < -0.39 is 0 Å². The largest absolute Gasteiger partial charge is 0.424 e. The van der Waals surface area contributed by atoms with Crippen molar-refractivity contribution in [3.63, 3.8) is 0 Å². The summed E-state index contributed by atoms with van der Waals surface area (Å²) in [5.74, 6) is 1.39. The molecule has 0 saturated carbocycles. The summed E-state index contributed by atoms with van der Waals surface area (Å²) in [6.07, 6.45) is 1.65. The van der Waals surface area contributed by atoms with Gasteiger partial charge in [0, 0.05) is 19.6 Å². The lowest BCUT2D eigenvalue weighted by Gasteiger charge is -1.96. The molecule has 0 bridgehead atoms. The Balaban J connectivity index is 2.20. The fourth-order valence-electron chi connectivity index (χ4n) is 0.913. The molecule has 0 atom stereocenters. The molecule has 1 aromatic rings. The third kappa shape index (κ3) is 3.74. The first-order chi connectivity index (χ1) is 6.36. The van der Waals surface area contributed by atoms with Gasteiger partial charge >= 0.3 is 0 Å². The lowest BCUT2D eigenvalue weighted by Crippen LogP contribution is -1.95. The van der Waals surface area contributed by atoms with Crippen LogP contribution in [-0.2, 0) is 17.0 Å². The zero-order valence-electron chi connectivity index (χ0n) is 7.62. The molecular formula is C8H13ClN2O2. The SMILES string of the molecule is CCOCCCc1nnc(CCl)o1. The fourth-order valence-corrected chi connectivity index (χ4v) is 1.02. The second-order valence-electron chi connectivity index (χ2n) is 2.52. The van der Waals surface area contributed by atoms with E-state index in [2.05, 4.69) is 10.2 Å². The van der Waals surface area contributed by atoms with E-state index in [-0.39, 0.29) is 5.88 Å². The van der Waals surface area contributed by atoms with Gasteiger partial charge in [-0.3, -0.25) is 0 Å². The summed E-state index contributed by atoms with van der Waals surface area (Å²) in [6, 6.07) is 0. The number of alkyl halides is 1. The van der Waals surface area contributed by atoms with Crippen molar-refractivity contribution < 1.29 is 9.15 Å². The topological polar surface area (TPSA) is 48.2 Å². The van der Waals surface area contributed by atoms with Gasteiger partial charge in [0.2, 0.25) is 11.8 Å². The number of aromatic nitrogens is 2. The molecule has 0 fully saturated rings. The number of halogens is 1. The van der Waals surface area contributed by atoms with Crippen LogP contribution >= 0.6 is 11.6 Å². The molecule has 0 aliphatic heterocycles. The van der Waals surface area contributed by atoms with E-state index in [0.29, 0.717) is 11.8 Å². The van der Waals surface area contributed by atoms with Gasteiger partial charge in [-0.15, -0.1) is 21.8 Å². The van der Waals surface area contributed by atoms with E-state index in [1.165, 1.54) is 0 Å². The molecule has 0 unspecified atom stereocenters. The van der Waals surface area contributed by atoms with Crippen molar-refractivity contribution in [1.29, 1.82) is 0 Å². The Bertz CT molecular complexity index is 240. The van der Waals surface area contributed by atoms with Crippen LogP contribution in [0.1, 0.15) is 25.1 Å². The maximum Gasteiger partial charge on any atom is 0.231 e. The number of ether oxygens (including phenoxy) is 1. The molecule has 0 N–H and O–H groups in total. The number of hydrogen-bond donors (Lipinski definition) is 0. The summed E-state index contributed by atoms with van der Waals surface area (Å²) < 4.78 is 10.4. The summed E-state index contributed by atoms with van der Waals surface area (Å²) in [6.45, 7) is 3.45. The third-order valence-electron chi connectivity index (χ3n) is 1.51. The number of nitrogens with zero attached hydrogens (tertiary/aromatic N) is 2. The van der Waals surface area contributed by atoms with Gasteiger partial charge in [0.05, 0.1) is 0 Å². The Labute approximate surface area is 82.2 Å². The van der Waals surface area contributed by atoms with Crippen molar-refractivity contribution in [3.05, 3.63) is 11.8 Å². The lowest BCUT2D eigenvalue weighted by atomic mass is 10.3. The molecule has 0 saturated heterocycles. The summed E-state index contributed by atoms with van der Waals surface area (Å²) in [4.78, 5) is 0. The van der Waals surface area contributed by atoms with Crippen LogP contribution in [0, 0.1) is 0 Å². The highest BCUT2D eigenvalue weighted by molar-refractivity contribution is 6.16. The predicted molar refractivity (Wildman–Crippen MR) is 48.7 cm³/mol. The average Bonchev–Trinajstić information content (AvgIpc) is 2.60. The van der Waals surface area contributed by atoms with Crippen molar-refractivity contribution in [2.45, 2.75) is 25.6 Å². The average molecular weight is 205 g/mol. The highest BCUT2D eigenvalue weighted by Gasteiger charge is 2.03. The minimum Gasteiger partial charge on any atom is -0.424 e. The van der Waals surface area contributed by atoms with Crippen LogP contribution in [-0.4, -0.2) is 23.4 Å². The Hall–Kier alpha value is -0.610. The maximum atomic E-state index is 5.50. The Kier molecular flexibility index (Phi) is 4.78. The summed E-state index contributed by atoms with van der Waals surface area (Å²) >= 11 is 5.50. The number of hydrogen-bond acceptors (Lipinski definition) is 4. The molecule has 0 aliphatic carbocycles. The van der Waals surface area contributed by atoms with Gasteiger partial charge in [0.15, 0.2) is 0 Å². The van der Waals surface area contributed by atoms with Crippen molar-refractivity contribution in [1.82, 2.24) is 10.2 Å². The first kappa shape index (κ1) is 10.5. The van der Waals surface area contributed by atoms with Gasteiger partial charge in [-0.2, -0.15) is 0 Å². The van der Waals surface area contributed by atoms with Crippen LogP contribution in [0.15, 0.2) is 4.42 Å². The highest BCUT2D eigenvalue weighted by atomic mass is 35.5. The van der Waals surface area contributed by atoms with Gasteiger partial charge in [0.1, 0.15) is 5.88 Å². The second-order valence-corrected chi connectivity index (χ2v) is 2.79. The molecule has 74 valence electrons. The number of rotatable bonds is 6. The summed E-state index contributed by atoms with van der Waals surface area (Å²) in [5, 5.41) is 7.57. The lowest BCUT2D eigenvalue weighted by molar-refractivity contribution is 0.143. The first-order valence-corrected chi connectivity index (χ1v) is 4.85. The maximum absolute atomic E-state index is 5.50. The monoisotopic (exact) mass is 204 g/mol. The molecule has 1 heterocycles. The molecule has 0 aromatic carbocycles. The van der Waals surface area contributed by atoms with Gasteiger partial charge < -0.3 is 9.15 Å². The molecule has 0 aliphatic rings. The van der Waals surface area contributed by atoms with Gasteiger partial charge in [-0.1, -0.05) is 0 Å². The van der Waals surface area contributed by atoms with E-state index in [0.717, 1.165) is 26.1 Å². The zero-order chi connectivity index (χ0) is 9.52. The molecule has 0 spiro atoms. The van der Waals surface area contributed by atoms with Crippen LogP contribution in [0.5, 0.6) is 0 Å². The van der Waals surface area contributed by atoms with Crippen molar-refractivity contribution in [2.75, 3.05) is 13.2 Å². The Morgan fingerprint density at radius 1 is 1.38 bits per heavy atom. The summed E-state index contributed by atoms with van der Waals surface area (Å²) in [5.41, 5.74) is 0. The van der Waals surface area contributed by atoms with E-state index in [1.54, 1.807) is 0 Å². The molecule has 1 rings (SSSR count). The molecule has 0 amide bonds.